The lowest BCUT2D eigenvalue weighted by Gasteiger charge is -2.26. The number of nitro groups is 1. The molecule has 0 bridgehead atoms. The van der Waals surface area contributed by atoms with Crippen molar-refractivity contribution >= 4 is 57.6 Å². The van der Waals surface area contributed by atoms with Crippen molar-refractivity contribution in [2.75, 3.05) is 12.1 Å². The molecule has 0 spiro atoms. The first kappa shape index (κ1) is 21.2. The normalized spacial score (nSPS) is 23.3. The van der Waals surface area contributed by atoms with Crippen LogP contribution < -0.4 is 5.01 Å². The number of para-hydroxylation sites is 1. The van der Waals surface area contributed by atoms with Gasteiger partial charge in [-0.1, -0.05) is 54.3 Å². The van der Waals surface area contributed by atoms with E-state index < -0.39 is 11.0 Å². The van der Waals surface area contributed by atoms with Gasteiger partial charge in [0.05, 0.1) is 21.6 Å². The average Bonchev–Trinajstić information content (AvgIpc) is 3.14. The van der Waals surface area contributed by atoms with Gasteiger partial charge in [0.2, 0.25) is 0 Å². The third-order valence-electron chi connectivity index (χ3n) is 5.30. The number of thioether (sulfide) groups is 1. The molecule has 10 heteroatoms. The van der Waals surface area contributed by atoms with E-state index in [-0.39, 0.29) is 27.9 Å². The Labute approximate surface area is 188 Å². The average molecular weight is 455 g/mol. The van der Waals surface area contributed by atoms with E-state index >= 15 is 0 Å². The first-order valence-electron chi connectivity index (χ1n) is 9.43. The minimum Gasteiger partial charge on any atom is -0.278 e. The topological polar surface area (TPSA) is 87.0 Å². The van der Waals surface area contributed by atoms with Gasteiger partial charge in [0.15, 0.2) is 0 Å². The Morgan fingerprint density at radius 1 is 1.13 bits per heavy atom. The first-order chi connectivity index (χ1) is 14.8. The van der Waals surface area contributed by atoms with Gasteiger partial charge in [-0.15, -0.1) is 0 Å². The molecule has 8 nitrogen and oxygen atoms in total. The van der Waals surface area contributed by atoms with E-state index in [0.29, 0.717) is 16.2 Å². The molecular formula is C21H18N4O4S2. The summed E-state index contributed by atoms with van der Waals surface area (Å²) in [6.07, 6.45) is 1.56. The molecule has 2 amide bonds. The maximum absolute atomic E-state index is 13.3. The number of carbonyl (C=O) groups excluding carboxylic acids is 2. The maximum atomic E-state index is 13.3. The number of hydrogen-bond acceptors (Lipinski definition) is 7. The molecule has 158 valence electrons. The molecule has 0 saturated carbocycles. The SMILES string of the molecule is C[C@H]1[C@@H](N2C(=O)/C(=C/c3cccc([N+](=O)[O-])c3)SC2=S)C(=O)N(c2ccccc2)N1C. The van der Waals surface area contributed by atoms with Crippen molar-refractivity contribution in [3.8, 4) is 0 Å². The minimum atomic E-state index is -0.770. The van der Waals surface area contributed by atoms with E-state index in [1.807, 2.05) is 37.3 Å². The summed E-state index contributed by atoms with van der Waals surface area (Å²) in [7, 11) is 1.80. The van der Waals surface area contributed by atoms with Crippen LogP contribution in [0.1, 0.15) is 12.5 Å². The van der Waals surface area contributed by atoms with Crippen LogP contribution in [0.15, 0.2) is 59.5 Å². The predicted octanol–water partition coefficient (Wildman–Crippen LogP) is 3.45. The number of hydrazine groups is 1. The number of thiocarbonyl (C=S) groups is 1. The van der Waals surface area contributed by atoms with Crippen LogP contribution in [0.3, 0.4) is 0 Å². The lowest BCUT2D eigenvalue weighted by molar-refractivity contribution is -0.384. The fraction of sp³-hybridized carbons (Fsp3) is 0.190. The van der Waals surface area contributed by atoms with Crippen molar-refractivity contribution < 1.29 is 14.5 Å². The van der Waals surface area contributed by atoms with Crippen LogP contribution in [0.25, 0.3) is 6.08 Å². The van der Waals surface area contributed by atoms with E-state index in [1.165, 1.54) is 17.0 Å². The van der Waals surface area contributed by atoms with Crippen LogP contribution in [-0.2, 0) is 9.59 Å². The summed E-state index contributed by atoms with van der Waals surface area (Å²) in [6, 6.07) is 14.1. The molecule has 2 atom stereocenters. The fourth-order valence-corrected chi connectivity index (χ4v) is 5.01. The van der Waals surface area contributed by atoms with E-state index in [9.17, 15) is 19.7 Å². The molecule has 0 unspecified atom stereocenters. The molecule has 0 N–H and O–H groups in total. The highest BCUT2D eigenvalue weighted by molar-refractivity contribution is 8.26. The number of nitro benzene ring substituents is 1. The molecule has 2 aromatic rings. The molecule has 0 aromatic heterocycles. The van der Waals surface area contributed by atoms with Gasteiger partial charge in [0.1, 0.15) is 10.4 Å². The molecule has 2 heterocycles. The van der Waals surface area contributed by atoms with Crippen molar-refractivity contribution in [2.45, 2.75) is 19.0 Å². The molecule has 2 saturated heterocycles. The zero-order valence-electron chi connectivity index (χ0n) is 16.7. The molecule has 0 radical (unpaired) electrons. The minimum absolute atomic E-state index is 0.0658. The molecular weight excluding hydrogens is 436 g/mol. The van der Waals surface area contributed by atoms with Gasteiger partial charge in [-0.3, -0.25) is 24.6 Å². The van der Waals surface area contributed by atoms with Crippen LogP contribution in [0.2, 0.25) is 0 Å². The number of rotatable bonds is 4. The van der Waals surface area contributed by atoms with Gasteiger partial charge in [-0.25, -0.2) is 10.0 Å². The van der Waals surface area contributed by atoms with Crippen LogP contribution >= 0.6 is 24.0 Å². The molecule has 4 rings (SSSR count). The van der Waals surface area contributed by atoms with Gasteiger partial charge in [0, 0.05) is 19.2 Å². The molecule has 2 aromatic carbocycles. The van der Waals surface area contributed by atoms with E-state index in [4.69, 9.17) is 12.2 Å². The lowest BCUT2D eigenvalue weighted by Crippen LogP contribution is -2.48. The highest BCUT2D eigenvalue weighted by Crippen LogP contribution is 2.38. The van der Waals surface area contributed by atoms with Crippen molar-refractivity contribution in [3.05, 3.63) is 75.2 Å². The van der Waals surface area contributed by atoms with Crippen LogP contribution in [-0.4, -0.2) is 50.1 Å². The maximum Gasteiger partial charge on any atom is 0.270 e. The third kappa shape index (κ3) is 3.73. The van der Waals surface area contributed by atoms with E-state index in [1.54, 1.807) is 35.3 Å². The number of hydrogen-bond donors (Lipinski definition) is 0. The van der Waals surface area contributed by atoms with Gasteiger partial charge in [0.25, 0.3) is 17.5 Å². The summed E-state index contributed by atoms with van der Waals surface area (Å²) < 4.78 is 0.287. The quantitative estimate of drug-likeness (QED) is 0.303. The third-order valence-corrected chi connectivity index (χ3v) is 6.64. The number of benzene rings is 2. The Balaban J connectivity index is 1.64. The Morgan fingerprint density at radius 2 is 1.84 bits per heavy atom. The number of non-ortho nitro benzene ring substituents is 1. The van der Waals surface area contributed by atoms with Crippen LogP contribution in [0, 0.1) is 10.1 Å². The Bertz CT molecular complexity index is 1120. The van der Waals surface area contributed by atoms with Gasteiger partial charge < -0.3 is 0 Å². The Morgan fingerprint density at radius 3 is 2.52 bits per heavy atom. The van der Waals surface area contributed by atoms with E-state index in [0.717, 1.165) is 11.8 Å². The highest BCUT2D eigenvalue weighted by atomic mass is 32.2. The zero-order valence-corrected chi connectivity index (χ0v) is 18.3. The van der Waals surface area contributed by atoms with Gasteiger partial charge in [-0.2, -0.15) is 0 Å². The number of nitrogens with zero attached hydrogens (tertiary/aromatic N) is 4. The Hall–Kier alpha value is -3.08. The van der Waals surface area contributed by atoms with Crippen molar-refractivity contribution in [3.63, 3.8) is 0 Å². The van der Waals surface area contributed by atoms with Crippen molar-refractivity contribution in [1.82, 2.24) is 9.91 Å². The first-order valence-corrected chi connectivity index (χ1v) is 10.7. The number of likely N-dealkylation sites (N-methyl/N-ethyl adjacent to an activating group) is 1. The van der Waals surface area contributed by atoms with Gasteiger partial charge >= 0.3 is 0 Å². The molecule has 31 heavy (non-hydrogen) atoms. The smallest absolute Gasteiger partial charge is 0.270 e. The second-order valence-electron chi connectivity index (χ2n) is 7.15. The number of anilines is 1. The molecule has 2 fully saturated rings. The van der Waals surface area contributed by atoms with Crippen molar-refractivity contribution in [2.24, 2.45) is 0 Å². The monoisotopic (exact) mass is 454 g/mol. The zero-order chi connectivity index (χ0) is 22.3. The van der Waals surface area contributed by atoms with Crippen LogP contribution in [0.4, 0.5) is 11.4 Å². The second kappa shape index (κ2) is 8.22. The largest absolute Gasteiger partial charge is 0.278 e. The summed E-state index contributed by atoms with van der Waals surface area (Å²) in [5.41, 5.74) is 1.16. The van der Waals surface area contributed by atoms with E-state index in [2.05, 4.69) is 0 Å². The van der Waals surface area contributed by atoms with Gasteiger partial charge in [-0.05, 0) is 30.7 Å². The predicted molar refractivity (Wildman–Crippen MR) is 123 cm³/mol. The summed E-state index contributed by atoms with van der Waals surface area (Å²) in [5.74, 6) is -0.621. The molecule has 0 aliphatic carbocycles. The molecule has 2 aliphatic heterocycles. The van der Waals surface area contributed by atoms with Crippen LogP contribution in [0.5, 0.6) is 0 Å². The molecule has 2 aliphatic rings. The summed E-state index contributed by atoms with van der Waals surface area (Å²) >= 11 is 6.53. The highest BCUT2D eigenvalue weighted by Gasteiger charge is 2.51. The Kier molecular flexibility index (Phi) is 5.61. The number of amides is 2. The lowest BCUT2D eigenvalue weighted by atomic mass is 10.1. The summed E-state index contributed by atoms with van der Waals surface area (Å²) in [6.45, 7) is 1.87. The fourth-order valence-electron chi connectivity index (χ4n) is 3.68. The number of carbonyl (C=O) groups is 2. The second-order valence-corrected chi connectivity index (χ2v) is 8.82. The summed E-state index contributed by atoms with van der Waals surface area (Å²) in [5, 5.41) is 14.4. The summed E-state index contributed by atoms with van der Waals surface area (Å²) in [4.78, 5) is 38.7. The van der Waals surface area contributed by atoms with Crippen molar-refractivity contribution in [1.29, 1.82) is 0 Å². The standard InChI is InChI=1S/C21H18N4O4S2/c1-13-18(20(27)24(22(13)2)15-8-4-3-5-9-15)23-19(26)17(31-21(23)30)12-14-7-6-10-16(11-14)25(28)29/h3-13,18H,1-2H3/b17-12-/t13-,18+/m0/s1.